The zero-order valence-corrected chi connectivity index (χ0v) is 15.8. The Morgan fingerprint density at radius 2 is 2.00 bits per heavy atom. The first-order valence-corrected chi connectivity index (χ1v) is 9.65. The minimum atomic E-state index is -0.248. The van der Waals surface area contributed by atoms with Gasteiger partial charge in [0.05, 0.1) is 0 Å². The molecular formula is C22H30FNO. The van der Waals surface area contributed by atoms with Crippen LogP contribution in [0.4, 0.5) is 4.39 Å². The van der Waals surface area contributed by atoms with Crippen molar-refractivity contribution in [3.8, 4) is 0 Å². The Morgan fingerprint density at radius 1 is 1.20 bits per heavy atom. The molecule has 0 bridgehead atoms. The van der Waals surface area contributed by atoms with E-state index in [-0.39, 0.29) is 23.1 Å². The molecule has 136 valence electrons. The normalized spacial score (nSPS) is 22.6. The highest BCUT2D eigenvalue weighted by Gasteiger charge is 2.33. The number of carbonyl (C=O) groups is 1. The van der Waals surface area contributed by atoms with E-state index in [0.717, 1.165) is 57.2 Å². The van der Waals surface area contributed by atoms with Crippen LogP contribution in [-0.2, 0) is 0 Å². The number of allylic oxidation sites excluding steroid dienone is 2. The molecule has 1 aromatic carbocycles. The molecule has 0 aromatic heterocycles. The second-order valence-electron chi connectivity index (χ2n) is 8.46. The maximum atomic E-state index is 14.6. The molecular weight excluding hydrogens is 313 g/mol. The van der Waals surface area contributed by atoms with Crippen molar-refractivity contribution in [3.05, 3.63) is 41.2 Å². The molecule has 0 spiro atoms. The summed E-state index contributed by atoms with van der Waals surface area (Å²) >= 11 is 0. The van der Waals surface area contributed by atoms with Gasteiger partial charge in [0.1, 0.15) is 5.82 Å². The lowest BCUT2D eigenvalue weighted by atomic mass is 9.83. The molecule has 1 aliphatic heterocycles. The predicted molar refractivity (Wildman–Crippen MR) is 101 cm³/mol. The molecule has 3 heteroatoms. The van der Waals surface area contributed by atoms with Gasteiger partial charge in [0.15, 0.2) is 5.78 Å². The van der Waals surface area contributed by atoms with Crippen LogP contribution in [0.15, 0.2) is 24.3 Å². The number of piperidine rings is 1. The fourth-order valence-electron chi connectivity index (χ4n) is 4.14. The molecule has 1 atom stereocenters. The van der Waals surface area contributed by atoms with Gasteiger partial charge in [-0.25, -0.2) is 4.39 Å². The molecule has 25 heavy (non-hydrogen) atoms. The van der Waals surface area contributed by atoms with E-state index in [1.807, 2.05) is 6.07 Å². The SMILES string of the molecule is CC(C)(C)N1CCC[C@@H](C(=O)c2cccc(F)c2C2=CCCCC2)C1. The van der Waals surface area contributed by atoms with Crippen molar-refractivity contribution in [1.82, 2.24) is 4.90 Å². The summed E-state index contributed by atoms with van der Waals surface area (Å²) in [6.45, 7) is 8.40. The summed E-state index contributed by atoms with van der Waals surface area (Å²) in [7, 11) is 0. The van der Waals surface area contributed by atoms with E-state index in [1.165, 1.54) is 6.07 Å². The van der Waals surface area contributed by atoms with Gasteiger partial charge in [0.25, 0.3) is 0 Å². The number of hydrogen-bond donors (Lipinski definition) is 0. The summed E-state index contributed by atoms with van der Waals surface area (Å²) in [5.74, 6) is -0.157. The van der Waals surface area contributed by atoms with E-state index in [9.17, 15) is 9.18 Å². The Bertz CT molecular complexity index is 671. The molecule has 1 fully saturated rings. The highest BCUT2D eigenvalue weighted by molar-refractivity contribution is 6.02. The fraction of sp³-hybridized carbons (Fsp3) is 0.591. The number of carbonyl (C=O) groups excluding carboxylic acids is 1. The monoisotopic (exact) mass is 343 g/mol. The molecule has 0 saturated carbocycles. The van der Waals surface area contributed by atoms with Crippen molar-refractivity contribution < 1.29 is 9.18 Å². The van der Waals surface area contributed by atoms with Crippen LogP contribution in [0.5, 0.6) is 0 Å². The minimum Gasteiger partial charge on any atom is -0.298 e. The molecule has 2 aliphatic rings. The van der Waals surface area contributed by atoms with E-state index < -0.39 is 0 Å². The number of nitrogens with zero attached hydrogens (tertiary/aromatic N) is 1. The van der Waals surface area contributed by atoms with Crippen molar-refractivity contribution in [3.63, 3.8) is 0 Å². The molecule has 2 nitrogen and oxygen atoms in total. The number of ketones is 1. The molecule has 0 N–H and O–H groups in total. The summed E-state index contributed by atoms with van der Waals surface area (Å²) in [4.78, 5) is 15.7. The summed E-state index contributed by atoms with van der Waals surface area (Å²) in [6.07, 6.45) is 8.15. The molecule has 0 unspecified atom stereocenters. The van der Waals surface area contributed by atoms with Crippen LogP contribution in [-0.4, -0.2) is 29.3 Å². The van der Waals surface area contributed by atoms with Gasteiger partial charge in [0, 0.05) is 29.1 Å². The van der Waals surface area contributed by atoms with Crippen molar-refractivity contribution in [2.45, 2.75) is 64.8 Å². The van der Waals surface area contributed by atoms with E-state index in [4.69, 9.17) is 0 Å². The Morgan fingerprint density at radius 3 is 2.68 bits per heavy atom. The maximum absolute atomic E-state index is 14.6. The van der Waals surface area contributed by atoms with Gasteiger partial charge in [-0.2, -0.15) is 0 Å². The van der Waals surface area contributed by atoms with Gasteiger partial charge >= 0.3 is 0 Å². The summed E-state index contributed by atoms with van der Waals surface area (Å²) < 4.78 is 14.6. The Hall–Kier alpha value is -1.48. The zero-order chi connectivity index (χ0) is 18.0. The lowest BCUT2D eigenvalue weighted by Gasteiger charge is -2.41. The lowest BCUT2D eigenvalue weighted by molar-refractivity contribution is 0.0616. The van der Waals surface area contributed by atoms with E-state index >= 15 is 0 Å². The zero-order valence-electron chi connectivity index (χ0n) is 15.8. The van der Waals surface area contributed by atoms with Crippen molar-refractivity contribution in [1.29, 1.82) is 0 Å². The van der Waals surface area contributed by atoms with Crippen LogP contribution in [0.3, 0.4) is 0 Å². The number of hydrogen-bond acceptors (Lipinski definition) is 2. The molecule has 1 saturated heterocycles. The first kappa shape index (κ1) is 18.3. The molecule has 3 rings (SSSR count). The summed E-state index contributed by atoms with van der Waals surface area (Å²) in [6, 6.07) is 5.00. The van der Waals surface area contributed by atoms with Gasteiger partial charge in [-0.05, 0) is 77.5 Å². The van der Waals surface area contributed by atoms with Gasteiger partial charge in [-0.1, -0.05) is 18.2 Å². The van der Waals surface area contributed by atoms with Gasteiger partial charge < -0.3 is 0 Å². The number of rotatable bonds is 3. The molecule has 1 heterocycles. The standard InChI is InChI=1S/C22H30FNO/c1-22(2,3)24-14-8-11-17(15-24)21(25)18-12-7-13-19(23)20(18)16-9-5-4-6-10-16/h7,9,12-13,17H,4-6,8,10-11,14-15H2,1-3H3/t17-/m1/s1. The fourth-order valence-corrected chi connectivity index (χ4v) is 4.14. The average molecular weight is 343 g/mol. The number of likely N-dealkylation sites (tertiary alicyclic amines) is 1. The van der Waals surface area contributed by atoms with E-state index in [1.54, 1.807) is 6.07 Å². The Kier molecular flexibility index (Phi) is 5.43. The molecule has 1 aromatic rings. The van der Waals surface area contributed by atoms with Crippen LogP contribution in [0.2, 0.25) is 0 Å². The van der Waals surface area contributed by atoms with Crippen LogP contribution < -0.4 is 0 Å². The van der Waals surface area contributed by atoms with E-state index in [0.29, 0.717) is 11.1 Å². The number of benzene rings is 1. The third-order valence-electron chi connectivity index (χ3n) is 5.63. The number of halogens is 1. The molecule has 0 radical (unpaired) electrons. The van der Waals surface area contributed by atoms with Crippen LogP contribution in [0.1, 0.15) is 75.2 Å². The second kappa shape index (κ2) is 7.41. The van der Waals surface area contributed by atoms with Crippen molar-refractivity contribution in [2.24, 2.45) is 5.92 Å². The topological polar surface area (TPSA) is 20.3 Å². The minimum absolute atomic E-state index is 0.0299. The highest BCUT2D eigenvalue weighted by atomic mass is 19.1. The van der Waals surface area contributed by atoms with Crippen molar-refractivity contribution in [2.75, 3.05) is 13.1 Å². The Labute approximate surface area is 151 Å². The van der Waals surface area contributed by atoms with Crippen molar-refractivity contribution >= 4 is 11.4 Å². The summed E-state index contributed by atoms with van der Waals surface area (Å²) in [5.41, 5.74) is 2.25. The highest BCUT2D eigenvalue weighted by Crippen LogP contribution is 2.34. The van der Waals surface area contributed by atoms with Crippen LogP contribution in [0.25, 0.3) is 5.57 Å². The molecule has 0 amide bonds. The van der Waals surface area contributed by atoms with E-state index in [2.05, 4.69) is 31.7 Å². The third-order valence-corrected chi connectivity index (χ3v) is 5.63. The predicted octanol–water partition coefficient (Wildman–Crippen LogP) is 5.48. The number of Topliss-reactive ketones (excluding diaryl/α,β-unsaturated/α-hetero) is 1. The second-order valence-corrected chi connectivity index (χ2v) is 8.46. The first-order valence-electron chi connectivity index (χ1n) is 9.65. The van der Waals surface area contributed by atoms with Gasteiger partial charge in [-0.3, -0.25) is 9.69 Å². The first-order chi connectivity index (χ1) is 11.9. The average Bonchev–Trinajstić information content (AvgIpc) is 2.61. The summed E-state index contributed by atoms with van der Waals surface area (Å²) in [5, 5.41) is 0. The lowest BCUT2D eigenvalue weighted by Crippen LogP contribution is -2.48. The third kappa shape index (κ3) is 4.03. The largest absolute Gasteiger partial charge is 0.298 e. The van der Waals surface area contributed by atoms with Gasteiger partial charge in [0.2, 0.25) is 0 Å². The quantitative estimate of drug-likeness (QED) is 0.678. The maximum Gasteiger partial charge on any atom is 0.167 e. The smallest absolute Gasteiger partial charge is 0.167 e. The van der Waals surface area contributed by atoms with Crippen LogP contribution in [0, 0.1) is 11.7 Å². The van der Waals surface area contributed by atoms with Gasteiger partial charge in [-0.15, -0.1) is 0 Å². The molecule has 1 aliphatic carbocycles. The Balaban J connectivity index is 1.90. The van der Waals surface area contributed by atoms with Crippen LogP contribution >= 0.6 is 0 Å².